The molecule has 1 aliphatic rings. The summed E-state index contributed by atoms with van der Waals surface area (Å²) in [5.74, 6) is -0.0317. The topological polar surface area (TPSA) is 55.1 Å². The van der Waals surface area contributed by atoms with Crippen molar-refractivity contribution in [2.75, 3.05) is 25.9 Å². The number of hydrogen-bond donors (Lipinski definition) is 2. The molecule has 0 spiro atoms. The van der Waals surface area contributed by atoms with Gasteiger partial charge in [-0.1, -0.05) is 0 Å². The fraction of sp³-hybridized carbons (Fsp3) is 0.421. The van der Waals surface area contributed by atoms with Crippen LogP contribution in [0.3, 0.4) is 0 Å². The number of amides is 1. The van der Waals surface area contributed by atoms with Crippen LogP contribution in [0.2, 0.25) is 0 Å². The molecule has 24 heavy (non-hydrogen) atoms. The number of nitrogens with two attached hydrogens (primary N) is 1. The van der Waals surface area contributed by atoms with Gasteiger partial charge in [-0.2, -0.15) is 0 Å². The lowest BCUT2D eigenvalue weighted by Crippen LogP contribution is -2.58. The number of nitrogens with one attached hydrogen (secondary N) is 1. The van der Waals surface area contributed by atoms with E-state index in [0.29, 0.717) is 29.9 Å². The van der Waals surface area contributed by atoms with Crippen LogP contribution in [0.4, 0.5) is 5.69 Å². The summed E-state index contributed by atoms with van der Waals surface area (Å²) in [5, 5.41) is 5.26. The standard InChI is InChI=1S/C19H25N3OS/c1-13-12-16-8-11-24-18(16)14(2)22(13,3)10-9-21-19(23)15-4-6-17(20)7-5-15/h4-8,11,13-14H,9-10,12H2,1-3H3,(H2-,20,21,23)/p+1/t13-,14+,22?/m1/s1. The third-order valence-corrected chi connectivity index (χ3v) is 6.75. The van der Waals surface area contributed by atoms with Gasteiger partial charge in [0.2, 0.25) is 0 Å². The molecule has 4 nitrogen and oxygen atoms in total. The third-order valence-electron chi connectivity index (χ3n) is 5.62. The van der Waals surface area contributed by atoms with Crippen molar-refractivity contribution >= 4 is 22.9 Å². The molecule has 3 atom stereocenters. The van der Waals surface area contributed by atoms with Gasteiger partial charge < -0.3 is 15.5 Å². The van der Waals surface area contributed by atoms with E-state index in [9.17, 15) is 4.79 Å². The van der Waals surface area contributed by atoms with Gasteiger partial charge in [-0.15, -0.1) is 11.3 Å². The largest absolute Gasteiger partial charge is 0.399 e. The van der Waals surface area contributed by atoms with E-state index in [4.69, 9.17) is 5.73 Å². The zero-order valence-electron chi connectivity index (χ0n) is 14.6. The van der Waals surface area contributed by atoms with Gasteiger partial charge in [-0.25, -0.2) is 0 Å². The highest BCUT2D eigenvalue weighted by atomic mass is 32.1. The Morgan fingerprint density at radius 3 is 2.71 bits per heavy atom. The Kier molecular flexibility index (Phi) is 4.65. The number of likely N-dealkylation sites (N-methyl/N-ethyl adjacent to an activating group) is 1. The van der Waals surface area contributed by atoms with Gasteiger partial charge in [0.25, 0.3) is 5.91 Å². The van der Waals surface area contributed by atoms with E-state index in [2.05, 4.69) is 37.7 Å². The molecule has 0 saturated carbocycles. The maximum atomic E-state index is 12.3. The molecule has 3 rings (SSSR count). The van der Waals surface area contributed by atoms with Gasteiger partial charge in [0.15, 0.2) is 0 Å². The predicted octanol–water partition coefficient (Wildman–Crippen LogP) is 3.21. The van der Waals surface area contributed by atoms with E-state index in [1.807, 2.05) is 11.3 Å². The lowest BCUT2D eigenvalue weighted by Gasteiger charge is -2.48. The van der Waals surface area contributed by atoms with Crippen LogP contribution >= 0.6 is 11.3 Å². The molecule has 0 bridgehead atoms. The first-order chi connectivity index (χ1) is 11.4. The average molecular weight is 345 g/mol. The minimum Gasteiger partial charge on any atom is -0.399 e. The van der Waals surface area contributed by atoms with E-state index in [0.717, 1.165) is 17.4 Å². The number of benzene rings is 1. The molecule has 0 radical (unpaired) electrons. The van der Waals surface area contributed by atoms with Crippen LogP contribution in [0.1, 0.15) is 40.7 Å². The molecule has 1 aliphatic heterocycles. The van der Waals surface area contributed by atoms with Crippen molar-refractivity contribution in [2.45, 2.75) is 32.4 Å². The maximum Gasteiger partial charge on any atom is 0.251 e. The lowest BCUT2D eigenvalue weighted by atomic mass is 9.93. The molecule has 1 aromatic carbocycles. The van der Waals surface area contributed by atoms with E-state index in [1.54, 1.807) is 24.3 Å². The molecule has 0 saturated heterocycles. The van der Waals surface area contributed by atoms with Crippen molar-refractivity contribution in [3.8, 4) is 0 Å². The van der Waals surface area contributed by atoms with Crippen LogP contribution in [0, 0.1) is 0 Å². The minimum atomic E-state index is -0.0317. The Hall–Kier alpha value is -1.85. The molecule has 0 fully saturated rings. The van der Waals surface area contributed by atoms with Gasteiger partial charge in [-0.05, 0) is 55.1 Å². The van der Waals surface area contributed by atoms with Crippen LogP contribution in [-0.2, 0) is 6.42 Å². The predicted molar refractivity (Wildman–Crippen MR) is 100 cm³/mol. The van der Waals surface area contributed by atoms with Crippen molar-refractivity contribution in [3.05, 3.63) is 51.7 Å². The van der Waals surface area contributed by atoms with Crippen LogP contribution in [0.25, 0.3) is 0 Å². The molecule has 2 aromatic rings. The van der Waals surface area contributed by atoms with Crippen molar-refractivity contribution in [1.82, 2.24) is 5.32 Å². The molecular formula is C19H26N3OS+. The van der Waals surface area contributed by atoms with E-state index in [-0.39, 0.29) is 5.91 Å². The monoisotopic (exact) mass is 344 g/mol. The lowest BCUT2D eigenvalue weighted by molar-refractivity contribution is -0.959. The highest BCUT2D eigenvalue weighted by Gasteiger charge is 2.41. The number of nitrogens with zero attached hydrogens (tertiary/aromatic N) is 1. The zero-order valence-corrected chi connectivity index (χ0v) is 15.4. The zero-order chi connectivity index (χ0) is 17.3. The van der Waals surface area contributed by atoms with Gasteiger partial charge in [0, 0.05) is 17.7 Å². The van der Waals surface area contributed by atoms with Crippen LogP contribution < -0.4 is 11.1 Å². The van der Waals surface area contributed by atoms with Gasteiger partial charge >= 0.3 is 0 Å². The molecule has 1 amide bonds. The third kappa shape index (κ3) is 3.06. The minimum absolute atomic E-state index is 0.0317. The summed E-state index contributed by atoms with van der Waals surface area (Å²) in [4.78, 5) is 13.8. The average Bonchev–Trinajstić information content (AvgIpc) is 3.02. The number of quaternary nitrogens is 1. The van der Waals surface area contributed by atoms with Gasteiger partial charge in [0.05, 0.1) is 31.1 Å². The van der Waals surface area contributed by atoms with E-state index >= 15 is 0 Å². The second-order valence-corrected chi connectivity index (χ2v) is 7.94. The van der Waals surface area contributed by atoms with E-state index in [1.165, 1.54) is 10.4 Å². The van der Waals surface area contributed by atoms with Crippen LogP contribution in [-0.4, -0.2) is 36.6 Å². The number of fused-ring (bicyclic) bond motifs is 1. The SMILES string of the molecule is C[C@@H]1Cc2ccsc2[C@H](C)[N+]1(C)CCNC(=O)c1ccc(N)cc1. The van der Waals surface area contributed by atoms with Gasteiger partial charge in [-0.3, -0.25) is 4.79 Å². The molecule has 1 aromatic heterocycles. The maximum absolute atomic E-state index is 12.3. The molecule has 128 valence electrons. The number of carbonyl (C=O) groups excluding carboxylic acids is 1. The number of carbonyl (C=O) groups is 1. The van der Waals surface area contributed by atoms with E-state index < -0.39 is 0 Å². The quantitative estimate of drug-likeness (QED) is 0.661. The Morgan fingerprint density at radius 1 is 1.29 bits per heavy atom. The summed E-state index contributed by atoms with van der Waals surface area (Å²) in [7, 11) is 2.31. The second kappa shape index (κ2) is 6.57. The summed E-state index contributed by atoms with van der Waals surface area (Å²) in [6, 6.07) is 10.3. The Morgan fingerprint density at radius 2 is 2.00 bits per heavy atom. The second-order valence-electron chi connectivity index (χ2n) is 6.99. The smallest absolute Gasteiger partial charge is 0.251 e. The molecular weight excluding hydrogens is 318 g/mol. The Balaban J connectivity index is 1.63. The van der Waals surface area contributed by atoms with Crippen LogP contribution in [0.5, 0.6) is 0 Å². The normalized spacial score (nSPS) is 26.0. The van der Waals surface area contributed by atoms with Crippen molar-refractivity contribution < 1.29 is 9.28 Å². The first-order valence-corrected chi connectivity index (χ1v) is 9.34. The molecule has 3 N–H and O–H groups in total. The molecule has 1 unspecified atom stereocenters. The fourth-order valence-corrected chi connectivity index (χ4v) is 4.74. The summed E-state index contributed by atoms with van der Waals surface area (Å²) in [6.07, 6.45) is 1.12. The highest BCUT2D eigenvalue weighted by molar-refractivity contribution is 7.10. The number of thiophene rings is 1. The molecule has 2 heterocycles. The van der Waals surface area contributed by atoms with Crippen LogP contribution in [0.15, 0.2) is 35.7 Å². The number of rotatable bonds is 4. The molecule has 0 aliphatic carbocycles. The van der Waals surface area contributed by atoms with Gasteiger partial charge in [0.1, 0.15) is 6.04 Å². The summed E-state index contributed by atoms with van der Waals surface area (Å²) >= 11 is 1.86. The summed E-state index contributed by atoms with van der Waals surface area (Å²) in [6.45, 7) is 6.24. The Labute approximate surface area is 147 Å². The first-order valence-electron chi connectivity index (χ1n) is 8.46. The number of hydrogen-bond acceptors (Lipinski definition) is 3. The Bertz CT molecular complexity index is 724. The summed E-state index contributed by atoms with van der Waals surface area (Å²) in [5.41, 5.74) is 8.50. The molecule has 5 heteroatoms. The first kappa shape index (κ1) is 17.0. The summed E-state index contributed by atoms with van der Waals surface area (Å²) < 4.78 is 0.968. The fourth-order valence-electron chi connectivity index (χ4n) is 3.62. The van der Waals surface area contributed by atoms with Crippen molar-refractivity contribution in [2.24, 2.45) is 0 Å². The highest BCUT2D eigenvalue weighted by Crippen LogP contribution is 2.40. The van der Waals surface area contributed by atoms with Crippen molar-refractivity contribution in [3.63, 3.8) is 0 Å². The number of anilines is 1. The van der Waals surface area contributed by atoms with Crippen molar-refractivity contribution in [1.29, 1.82) is 0 Å². The number of nitrogen functional groups attached to an aromatic ring is 1.